The lowest BCUT2D eigenvalue weighted by Crippen LogP contribution is -2.40. The molecule has 0 radical (unpaired) electrons. The Kier molecular flexibility index (Phi) is 7.25. The van der Waals surface area contributed by atoms with E-state index in [9.17, 15) is 4.79 Å². The molecule has 1 aliphatic rings. The van der Waals surface area contributed by atoms with Crippen LogP contribution in [0.25, 0.3) is 0 Å². The number of rotatable bonds is 8. The molecule has 1 saturated heterocycles. The fraction of sp³-hybridized carbons (Fsp3) is 0.269. The molecular formula is C26H27NO5. The summed E-state index contributed by atoms with van der Waals surface area (Å²) >= 11 is 0. The van der Waals surface area contributed by atoms with E-state index in [1.807, 2.05) is 60.7 Å². The van der Waals surface area contributed by atoms with E-state index < -0.39 is 0 Å². The van der Waals surface area contributed by atoms with Gasteiger partial charge in [0, 0.05) is 18.7 Å². The Bertz CT molecular complexity index is 952. The van der Waals surface area contributed by atoms with Gasteiger partial charge in [-0.25, -0.2) is 0 Å². The predicted octanol–water partition coefficient (Wildman–Crippen LogP) is 4.33. The number of hydrogen-bond acceptors (Lipinski definition) is 5. The number of carbonyl (C=O) groups is 1. The molecule has 0 aliphatic carbocycles. The Morgan fingerprint density at radius 1 is 0.844 bits per heavy atom. The number of hydrogen-bond donors (Lipinski definition) is 0. The van der Waals surface area contributed by atoms with Crippen LogP contribution in [0.2, 0.25) is 0 Å². The molecule has 1 aliphatic heterocycles. The van der Waals surface area contributed by atoms with Crippen molar-refractivity contribution in [1.29, 1.82) is 0 Å². The summed E-state index contributed by atoms with van der Waals surface area (Å²) in [5.41, 5.74) is 2.54. The average molecular weight is 434 g/mol. The largest absolute Gasteiger partial charge is 0.490 e. The summed E-state index contributed by atoms with van der Waals surface area (Å²) in [7, 11) is 1.57. The Morgan fingerprint density at radius 3 is 1.81 bits per heavy atom. The predicted molar refractivity (Wildman–Crippen MR) is 121 cm³/mol. The van der Waals surface area contributed by atoms with Gasteiger partial charge in [-0.05, 0) is 23.3 Å². The Balaban J connectivity index is 1.63. The van der Waals surface area contributed by atoms with Crippen molar-refractivity contribution in [3.63, 3.8) is 0 Å². The molecule has 0 spiro atoms. The molecular weight excluding hydrogens is 406 g/mol. The van der Waals surface area contributed by atoms with E-state index in [0.29, 0.717) is 62.3 Å². The molecule has 0 N–H and O–H groups in total. The van der Waals surface area contributed by atoms with Crippen LogP contribution in [0.4, 0.5) is 0 Å². The van der Waals surface area contributed by atoms with Gasteiger partial charge in [0.15, 0.2) is 11.5 Å². The van der Waals surface area contributed by atoms with E-state index in [1.54, 1.807) is 24.1 Å². The van der Waals surface area contributed by atoms with Gasteiger partial charge >= 0.3 is 0 Å². The molecule has 0 atom stereocenters. The SMILES string of the molecule is COc1c(OCc2ccccc2)cc(C(=O)N2CCOCC2)cc1OCc1ccccc1. The standard InChI is InChI=1S/C26H27NO5/c1-29-25-23(31-18-20-8-4-2-5-9-20)16-22(26(28)27-12-14-30-15-13-27)17-24(25)32-19-21-10-6-3-7-11-21/h2-11,16-17H,12-15,18-19H2,1H3. The lowest BCUT2D eigenvalue weighted by atomic mass is 10.1. The van der Waals surface area contributed by atoms with Crippen molar-refractivity contribution in [2.24, 2.45) is 0 Å². The lowest BCUT2D eigenvalue weighted by Gasteiger charge is -2.27. The first kappa shape index (κ1) is 21.7. The highest BCUT2D eigenvalue weighted by Gasteiger charge is 2.23. The normalized spacial score (nSPS) is 13.5. The van der Waals surface area contributed by atoms with Crippen LogP contribution in [0.3, 0.4) is 0 Å². The van der Waals surface area contributed by atoms with Gasteiger partial charge in [-0.2, -0.15) is 0 Å². The number of methoxy groups -OCH3 is 1. The smallest absolute Gasteiger partial charge is 0.254 e. The molecule has 0 bridgehead atoms. The Hall–Kier alpha value is -3.51. The fourth-order valence-electron chi connectivity index (χ4n) is 3.54. The molecule has 1 amide bonds. The molecule has 166 valence electrons. The lowest BCUT2D eigenvalue weighted by molar-refractivity contribution is 0.0302. The van der Waals surface area contributed by atoms with Crippen molar-refractivity contribution >= 4 is 5.91 Å². The third-order valence-electron chi connectivity index (χ3n) is 5.24. The minimum absolute atomic E-state index is 0.0786. The molecule has 3 aromatic rings. The number of carbonyl (C=O) groups excluding carboxylic acids is 1. The van der Waals surface area contributed by atoms with Gasteiger partial charge < -0.3 is 23.8 Å². The number of nitrogens with zero attached hydrogens (tertiary/aromatic N) is 1. The summed E-state index contributed by atoms with van der Waals surface area (Å²) in [5, 5.41) is 0. The summed E-state index contributed by atoms with van der Waals surface area (Å²) < 4.78 is 23.2. The summed E-state index contributed by atoms with van der Waals surface area (Å²) in [6.45, 7) is 2.90. The van der Waals surface area contributed by atoms with Crippen LogP contribution in [0.15, 0.2) is 72.8 Å². The monoisotopic (exact) mass is 433 g/mol. The minimum Gasteiger partial charge on any atom is -0.490 e. The van der Waals surface area contributed by atoms with Gasteiger partial charge in [0.05, 0.1) is 20.3 Å². The van der Waals surface area contributed by atoms with Gasteiger partial charge in [0.25, 0.3) is 5.91 Å². The van der Waals surface area contributed by atoms with Crippen LogP contribution >= 0.6 is 0 Å². The summed E-state index contributed by atoms with van der Waals surface area (Å²) in [6.07, 6.45) is 0. The van der Waals surface area contributed by atoms with Crippen molar-refractivity contribution in [2.75, 3.05) is 33.4 Å². The number of morpholine rings is 1. The second-order valence-corrected chi connectivity index (χ2v) is 7.46. The van der Waals surface area contributed by atoms with E-state index in [0.717, 1.165) is 11.1 Å². The molecule has 1 heterocycles. The average Bonchev–Trinajstić information content (AvgIpc) is 2.87. The quantitative estimate of drug-likeness (QED) is 0.529. The van der Waals surface area contributed by atoms with Crippen LogP contribution in [0.1, 0.15) is 21.5 Å². The van der Waals surface area contributed by atoms with Crippen LogP contribution in [0, 0.1) is 0 Å². The van der Waals surface area contributed by atoms with Crippen molar-refractivity contribution in [3.8, 4) is 17.2 Å². The first-order valence-electron chi connectivity index (χ1n) is 10.7. The van der Waals surface area contributed by atoms with E-state index in [-0.39, 0.29) is 5.91 Å². The summed E-state index contributed by atoms with van der Waals surface area (Å²) in [6, 6.07) is 23.2. The zero-order chi connectivity index (χ0) is 22.2. The number of amides is 1. The molecule has 32 heavy (non-hydrogen) atoms. The van der Waals surface area contributed by atoms with E-state index in [4.69, 9.17) is 18.9 Å². The van der Waals surface area contributed by atoms with E-state index >= 15 is 0 Å². The Labute approximate surface area is 188 Å². The van der Waals surface area contributed by atoms with E-state index in [2.05, 4.69) is 0 Å². The zero-order valence-electron chi connectivity index (χ0n) is 18.2. The molecule has 6 nitrogen and oxygen atoms in total. The summed E-state index contributed by atoms with van der Waals surface area (Å²) in [5.74, 6) is 1.33. The first-order chi connectivity index (χ1) is 15.7. The first-order valence-corrected chi connectivity index (χ1v) is 10.7. The maximum absolute atomic E-state index is 13.2. The van der Waals surface area contributed by atoms with Crippen molar-refractivity contribution in [2.45, 2.75) is 13.2 Å². The van der Waals surface area contributed by atoms with Crippen LogP contribution in [-0.2, 0) is 18.0 Å². The molecule has 0 aromatic heterocycles. The molecule has 0 saturated carbocycles. The minimum atomic E-state index is -0.0786. The molecule has 3 aromatic carbocycles. The molecule has 6 heteroatoms. The van der Waals surface area contributed by atoms with Crippen molar-refractivity contribution in [3.05, 3.63) is 89.5 Å². The molecule has 0 unspecified atom stereocenters. The molecule has 4 rings (SSSR count). The number of benzene rings is 3. The van der Waals surface area contributed by atoms with Crippen LogP contribution < -0.4 is 14.2 Å². The maximum Gasteiger partial charge on any atom is 0.254 e. The van der Waals surface area contributed by atoms with E-state index in [1.165, 1.54) is 0 Å². The summed E-state index contributed by atoms with van der Waals surface area (Å²) in [4.78, 5) is 15.0. The van der Waals surface area contributed by atoms with Gasteiger partial charge in [0.2, 0.25) is 5.75 Å². The third kappa shape index (κ3) is 5.39. The fourth-order valence-corrected chi connectivity index (χ4v) is 3.54. The highest BCUT2D eigenvalue weighted by atomic mass is 16.5. The van der Waals surface area contributed by atoms with Crippen molar-refractivity contribution in [1.82, 2.24) is 4.90 Å². The number of ether oxygens (including phenoxy) is 4. The second kappa shape index (κ2) is 10.7. The zero-order valence-corrected chi connectivity index (χ0v) is 18.2. The maximum atomic E-state index is 13.2. The highest BCUT2D eigenvalue weighted by molar-refractivity contribution is 5.95. The van der Waals surface area contributed by atoms with Crippen molar-refractivity contribution < 1.29 is 23.7 Å². The van der Waals surface area contributed by atoms with Crippen LogP contribution in [0.5, 0.6) is 17.2 Å². The third-order valence-corrected chi connectivity index (χ3v) is 5.24. The van der Waals surface area contributed by atoms with Crippen LogP contribution in [-0.4, -0.2) is 44.2 Å². The van der Waals surface area contributed by atoms with Gasteiger partial charge in [0.1, 0.15) is 13.2 Å². The van der Waals surface area contributed by atoms with Gasteiger partial charge in [-0.15, -0.1) is 0 Å². The van der Waals surface area contributed by atoms with Gasteiger partial charge in [-0.3, -0.25) is 4.79 Å². The Morgan fingerprint density at radius 2 is 1.34 bits per heavy atom. The highest BCUT2D eigenvalue weighted by Crippen LogP contribution is 2.40. The van der Waals surface area contributed by atoms with Gasteiger partial charge in [-0.1, -0.05) is 60.7 Å². The topological polar surface area (TPSA) is 57.2 Å². The molecule has 1 fully saturated rings. The second-order valence-electron chi connectivity index (χ2n) is 7.46.